The van der Waals surface area contributed by atoms with E-state index in [0.717, 1.165) is 0 Å². The summed E-state index contributed by atoms with van der Waals surface area (Å²) in [6.45, 7) is 0. The number of nitrogens with zero attached hydrogens (tertiary/aromatic N) is 2. The number of rotatable bonds is 1. The standard InChI is InChI=1S/C9H6N2O2.K.H/c12-9(13)7-5-10-11-8-4-2-1-3-6(7)8;;/h1-5H,(H,12,13);;. The van der Waals surface area contributed by atoms with Gasteiger partial charge in [0.15, 0.2) is 0 Å². The first-order valence-electron chi connectivity index (χ1n) is 3.73. The van der Waals surface area contributed by atoms with Gasteiger partial charge in [-0.3, -0.25) is 0 Å². The van der Waals surface area contributed by atoms with Gasteiger partial charge in [-0.15, -0.1) is 0 Å². The van der Waals surface area contributed by atoms with Crippen molar-refractivity contribution >= 4 is 68.3 Å². The summed E-state index contributed by atoms with van der Waals surface area (Å²) in [5.74, 6) is -0.980. The number of carboxylic acids is 1. The number of hydrogen-bond donors (Lipinski definition) is 1. The molecule has 0 saturated heterocycles. The Hall–Kier alpha value is -0.334. The number of aromatic nitrogens is 2. The van der Waals surface area contributed by atoms with E-state index in [4.69, 9.17) is 5.11 Å². The predicted molar refractivity (Wildman–Crippen MR) is 53.6 cm³/mol. The van der Waals surface area contributed by atoms with Crippen LogP contribution in [0.2, 0.25) is 0 Å². The summed E-state index contributed by atoms with van der Waals surface area (Å²) in [5, 5.41) is 16.8. The van der Waals surface area contributed by atoms with Gasteiger partial charge in [0.1, 0.15) is 0 Å². The molecule has 66 valence electrons. The van der Waals surface area contributed by atoms with Crippen molar-refractivity contribution in [2.24, 2.45) is 0 Å². The summed E-state index contributed by atoms with van der Waals surface area (Å²) in [5.41, 5.74) is 0.785. The first-order chi connectivity index (χ1) is 6.29. The van der Waals surface area contributed by atoms with E-state index in [9.17, 15) is 4.79 Å². The Kier molecular flexibility index (Phi) is 4.15. The molecule has 0 aliphatic carbocycles. The van der Waals surface area contributed by atoms with E-state index in [1.807, 2.05) is 0 Å². The van der Waals surface area contributed by atoms with Gasteiger partial charge in [0.2, 0.25) is 0 Å². The van der Waals surface area contributed by atoms with Gasteiger partial charge in [-0.25, -0.2) is 4.79 Å². The van der Waals surface area contributed by atoms with Crippen molar-refractivity contribution in [1.82, 2.24) is 10.2 Å². The minimum atomic E-state index is -0.980. The molecule has 2 rings (SSSR count). The average Bonchev–Trinajstić information content (AvgIpc) is 2.17. The Morgan fingerprint density at radius 3 is 2.71 bits per heavy atom. The fraction of sp³-hybridized carbons (Fsp3) is 0. The molecular formula is C9H7KN2O2. The van der Waals surface area contributed by atoms with Crippen molar-refractivity contribution < 1.29 is 9.90 Å². The number of carboxylic acid groups (broad SMARTS) is 1. The quantitative estimate of drug-likeness (QED) is 0.709. The van der Waals surface area contributed by atoms with Crippen LogP contribution in [0.1, 0.15) is 10.4 Å². The second-order valence-electron chi connectivity index (χ2n) is 2.58. The molecule has 0 radical (unpaired) electrons. The van der Waals surface area contributed by atoms with Crippen LogP contribution in [-0.2, 0) is 0 Å². The summed E-state index contributed by atoms with van der Waals surface area (Å²) < 4.78 is 0. The van der Waals surface area contributed by atoms with E-state index in [1.54, 1.807) is 24.3 Å². The molecule has 0 unspecified atom stereocenters. The van der Waals surface area contributed by atoms with Crippen molar-refractivity contribution in [2.75, 3.05) is 0 Å². The van der Waals surface area contributed by atoms with Crippen molar-refractivity contribution in [3.8, 4) is 0 Å². The van der Waals surface area contributed by atoms with Gasteiger partial charge in [-0.2, -0.15) is 10.2 Å². The summed E-state index contributed by atoms with van der Waals surface area (Å²) in [6, 6.07) is 7.02. The summed E-state index contributed by atoms with van der Waals surface area (Å²) >= 11 is 0. The van der Waals surface area contributed by atoms with Gasteiger partial charge in [0, 0.05) is 5.39 Å². The fourth-order valence-electron chi connectivity index (χ4n) is 1.18. The Morgan fingerprint density at radius 2 is 2.00 bits per heavy atom. The van der Waals surface area contributed by atoms with Gasteiger partial charge < -0.3 is 5.11 Å². The number of carbonyl (C=O) groups is 1. The first kappa shape index (κ1) is 11.7. The van der Waals surface area contributed by atoms with E-state index < -0.39 is 5.97 Å². The van der Waals surface area contributed by atoms with Gasteiger partial charge in [-0.1, -0.05) is 18.2 Å². The molecule has 0 fully saturated rings. The molecular weight excluding hydrogens is 207 g/mol. The maximum absolute atomic E-state index is 10.7. The Balaban J connectivity index is 0.000000980. The topological polar surface area (TPSA) is 63.1 Å². The molecule has 1 N–H and O–H groups in total. The minimum absolute atomic E-state index is 0. The van der Waals surface area contributed by atoms with Crippen LogP contribution in [-0.4, -0.2) is 72.7 Å². The molecule has 0 spiro atoms. The molecule has 0 aliphatic rings. The van der Waals surface area contributed by atoms with Gasteiger partial charge in [-0.05, 0) is 6.07 Å². The van der Waals surface area contributed by atoms with Crippen LogP contribution in [0.15, 0.2) is 30.5 Å². The fourth-order valence-corrected chi connectivity index (χ4v) is 1.18. The summed E-state index contributed by atoms with van der Waals surface area (Å²) in [6.07, 6.45) is 1.25. The number of fused-ring (bicyclic) bond motifs is 1. The van der Waals surface area contributed by atoms with Crippen LogP contribution in [0.3, 0.4) is 0 Å². The maximum atomic E-state index is 10.7. The van der Waals surface area contributed by atoms with Crippen molar-refractivity contribution in [3.05, 3.63) is 36.0 Å². The third kappa shape index (κ3) is 2.18. The van der Waals surface area contributed by atoms with Gasteiger partial charge in [0.05, 0.1) is 17.3 Å². The Labute approximate surface area is 123 Å². The summed E-state index contributed by atoms with van der Waals surface area (Å²) in [7, 11) is 0. The zero-order chi connectivity index (χ0) is 9.26. The Morgan fingerprint density at radius 1 is 1.29 bits per heavy atom. The van der Waals surface area contributed by atoms with E-state index in [1.165, 1.54) is 6.20 Å². The average molecular weight is 214 g/mol. The third-order valence-electron chi connectivity index (χ3n) is 1.78. The molecule has 1 aromatic carbocycles. The molecule has 1 heterocycles. The molecule has 14 heavy (non-hydrogen) atoms. The normalized spacial score (nSPS) is 9.43. The summed E-state index contributed by atoms with van der Waals surface area (Å²) in [4.78, 5) is 10.7. The number of hydrogen-bond acceptors (Lipinski definition) is 3. The SMILES string of the molecule is O=C(O)c1cnnc2ccccc12.[KH]. The van der Waals surface area contributed by atoms with Gasteiger partial charge >= 0.3 is 57.4 Å². The molecule has 0 aliphatic heterocycles. The molecule has 1 aromatic heterocycles. The van der Waals surface area contributed by atoms with E-state index in [-0.39, 0.29) is 56.9 Å². The first-order valence-corrected chi connectivity index (χ1v) is 3.73. The van der Waals surface area contributed by atoms with E-state index >= 15 is 0 Å². The molecule has 4 nitrogen and oxygen atoms in total. The van der Waals surface area contributed by atoms with Crippen LogP contribution in [0.25, 0.3) is 10.9 Å². The molecule has 5 heteroatoms. The molecule has 2 aromatic rings. The second-order valence-corrected chi connectivity index (χ2v) is 2.58. The van der Waals surface area contributed by atoms with Crippen LogP contribution >= 0.6 is 0 Å². The number of aromatic carboxylic acids is 1. The van der Waals surface area contributed by atoms with Crippen molar-refractivity contribution in [1.29, 1.82) is 0 Å². The monoisotopic (exact) mass is 214 g/mol. The van der Waals surface area contributed by atoms with E-state index in [2.05, 4.69) is 10.2 Å². The van der Waals surface area contributed by atoms with Crippen molar-refractivity contribution in [2.45, 2.75) is 0 Å². The molecule has 0 atom stereocenters. The molecule has 0 saturated carbocycles. The van der Waals surface area contributed by atoms with Crippen LogP contribution in [0.4, 0.5) is 0 Å². The zero-order valence-electron chi connectivity index (χ0n) is 6.64. The zero-order valence-corrected chi connectivity index (χ0v) is 6.64. The van der Waals surface area contributed by atoms with E-state index in [0.29, 0.717) is 10.9 Å². The van der Waals surface area contributed by atoms with Crippen LogP contribution < -0.4 is 0 Å². The second kappa shape index (κ2) is 4.95. The number of benzene rings is 1. The van der Waals surface area contributed by atoms with Crippen LogP contribution in [0, 0.1) is 0 Å². The third-order valence-corrected chi connectivity index (χ3v) is 1.78. The molecule has 0 amide bonds. The van der Waals surface area contributed by atoms with Gasteiger partial charge in [0.25, 0.3) is 0 Å². The molecule has 0 bridgehead atoms. The Bertz CT molecular complexity index is 468. The van der Waals surface area contributed by atoms with Crippen molar-refractivity contribution in [3.63, 3.8) is 0 Å². The predicted octanol–water partition coefficient (Wildman–Crippen LogP) is 0.679. The van der Waals surface area contributed by atoms with Crippen LogP contribution in [0.5, 0.6) is 0 Å².